The molecular weight excluding hydrogens is 352 g/mol. The molecular formula is C18H20N4O3S. The fourth-order valence-electron chi connectivity index (χ4n) is 2.80. The fourth-order valence-corrected chi connectivity index (χ4v) is 3.50. The van der Waals surface area contributed by atoms with E-state index in [0.717, 1.165) is 17.8 Å². The van der Waals surface area contributed by atoms with Gasteiger partial charge in [-0.15, -0.1) is 10.2 Å². The van der Waals surface area contributed by atoms with E-state index in [0.29, 0.717) is 42.1 Å². The van der Waals surface area contributed by atoms with E-state index in [-0.39, 0.29) is 17.7 Å². The van der Waals surface area contributed by atoms with Crippen LogP contribution >= 0.6 is 11.3 Å². The van der Waals surface area contributed by atoms with Gasteiger partial charge in [0, 0.05) is 13.0 Å². The molecule has 1 aromatic heterocycles. The number of carbonyl (C=O) groups is 3. The van der Waals surface area contributed by atoms with Crippen molar-refractivity contribution < 1.29 is 14.4 Å². The van der Waals surface area contributed by atoms with E-state index < -0.39 is 0 Å². The average Bonchev–Trinajstić information content (AvgIpc) is 3.19. The number of anilines is 1. The maximum absolute atomic E-state index is 12.2. The van der Waals surface area contributed by atoms with Gasteiger partial charge in [0.25, 0.3) is 11.8 Å². The first kappa shape index (κ1) is 18.2. The molecule has 2 aromatic rings. The second kappa shape index (κ2) is 8.18. The molecule has 0 saturated heterocycles. The molecule has 1 N–H and O–H groups in total. The van der Waals surface area contributed by atoms with E-state index in [4.69, 9.17) is 0 Å². The van der Waals surface area contributed by atoms with Crippen molar-refractivity contribution in [2.75, 3.05) is 11.9 Å². The lowest BCUT2D eigenvalue weighted by atomic mass is 10.1. The van der Waals surface area contributed by atoms with Crippen LogP contribution in [0.15, 0.2) is 24.3 Å². The summed E-state index contributed by atoms with van der Waals surface area (Å²) in [6.07, 6.45) is 3.30. The minimum Gasteiger partial charge on any atom is -0.301 e. The van der Waals surface area contributed by atoms with Gasteiger partial charge in [-0.3, -0.25) is 19.3 Å². The zero-order valence-corrected chi connectivity index (χ0v) is 15.3. The Bertz CT molecular complexity index is 798. The molecule has 136 valence electrons. The van der Waals surface area contributed by atoms with Gasteiger partial charge >= 0.3 is 0 Å². The van der Waals surface area contributed by atoms with Gasteiger partial charge in [0.2, 0.25) is 11.0 Å². The van der Waals surface area contributed by atoms with Crippen molar-refractivity contribution in [3.8, 4) is 0 Å². The first-order valence-corrected chi connectivity index (χ1v) is 9.49. The number of nitrogens with zero attached hydrogens (tertiary/aromatic N) is 3. The minimum absolute atomic E-state index is 0.0930. The van der Waals surface area contributed by atoms with Gasteiger partial charge < -0.3 is 5.32 Å². The van der Waals surface area contributed by atoms with Gasteiger partial charge in [0.15, 0.2) is 0 Å². The number of aryl methyl sites for hydroxylation is 1. The van der Waals surface area contributed by atoms with E-state index in [9.17, 15) is 14.4 Å². The Kier molecular flexibility index (Phi) is 5.72. The maximum Gasteiger partial charge on any atom is 0.261 e. The lowest BCUT2D eigenvalue weighted by Crippen LogP contribution is -2.30. The summed E-state index contributed by atoms with van der Waals surface area (Å²) in [7, 11) is 0. The Hall–Kier alpha value is -2.61. The smallest absolute Gasteiger partial charge is 0.261 e. The summed E-state index contributed by atoms with van der Waals surface area (Å²) in [5, 5.41) is 12.0. The number of imide groups is 1. The predicted octanol–water partition coefficient (Wildman–Crippen LogP) is 2.90. The fraction of sp³-hybridized carbons (Fsp3) is 0.389. The van der Waals surface area contributed by atoms with E-state index in [2.05, 4.69) is 15.5 Å². The molecule has 7 nitrogen and oxygen atoms in total. The Morgan fingerprint density at radius 1 is 1.08 bits per heavy atom. The van der Waals surface area contributed by atoms with E-state index in [1.807, 2.05) is 6.92 Å². The Labute approximate surface area is 155 Å². The molecule has 26 heavy (non-hydrogen) atoms. The molecule has 0 unspecified atom stereocenters. The van der Waals surface area contributed by atoms with Crippen molar-refractivity contribution in [1.82, 2.24) is 15.1 Å². The summed E-state index contributed by atoms with van der Waals surface area (Å²) in [5.41, 5.74) is 0.945. The molecule has 0 atom stereocenters. The van der Waals surface area contributed by atoms with Crippen LogP contribution in [0.4, 0.5) is 5.13 Å². The highest BCUT2D eigenvalue weighted by molar-refractivity contribution is 7.15. The Morgan fingerprint density at radius 2 is 1.77 bits per heavy atom. The van der Waals surface area contributed by atoms with Gasteiger partial charge in [-0.2, -0.15) is 0 Å². The summed E-state index contributed by atoms with van der Waals surface area (Å²) < 4.78 is 0. The third-order valence-electron chi connectivity index (χ3n) is 4.18. The van der Waals surface area contributed by atoms with Crippen LogP contribution in [0, 0.1) is 0 Å². The first-order valence-electron chi connectivity index (χ1n) is 8.67. The van der Waals surface area contributed by atoms with Crippen LogP contribution in [0.1, 0.15) is 58.3 Å². The number of hydrogen-bond acceptors (Lipinski definition) is 6. The van der Waals surface area contributed by atoms with Gasteiger partial charge in [-0.25, -0.2) is 0 Å². The van der Waals surface area contributed by atoms with Crippen molar-refractivity contribution in [2.45, 2.75) is 39.0 Å². The van der Waals surface area contributed by atoms with Crippen molar-refractivity contribution in [3.63, 3.8) is 0 Å². The van der Waals surface area contributed by atoms with Crippen LogP contribution in [0.25, 0.3) is 0 Å². The monoisotopic (exact) mass is 372 g/mol. The number of rotatable bonds is 8. The summed E-state index contributed by atoms with van der Waals surface area (Å²) in [6, 6.07) is 6.87. The minimum atomic E-state index is -0.230. The van der Waals surface area contributed by atoms with Gasteiger partial charge in [-0.05, 0) is 31.4 Å². The SMILES string of the molecule is CCc1nnc(NC(=O)CCCCCN2C(=O)c3ccccc3C2=O)s1. The number of benzene rings is 1. The van der Waals surface area contributed by atoms with Crippen LogP contribution in [-0.2, 0) is 11.2 Å². The van der Waals surface area contributed by atoms with Crippen molar-refractivity contribution in [2.24, 2.45) is 0 Å². The second-order valence-electron chi connectivity index (χ2n) is 6.02. The Morgan fingerprint density at radius 3 is 2.38 bits per heavy atom. The molecule has 2 heterocycles. The topological polar surface area (TPSA) is 92.3 Å². The largest absolute Gasteiger partial charge is 0.301 e. The van der Waals surface area contributed by atoms with Crippen molar-refractivity contribution in [1.29, 1.82) is 0 Å². The molecule has 0 fully saturated rings. The molecule has 1 aliphatic heterocycles. The summed E-state index contributed by atoms with van der Waals surface area (Å²) in [5.74, 6) is -0.554. The molecule has 0 saturated carbocycles. The molecule has 0 bridgehead atoms. The van der Waals surface area contributed by atoms with Gasteiger partial charge in [0.05, 0.1) is 11.1 Å². The number of hydrogen-bond donors (Lipinski definition) is 1. The predicted molar refractivity (Wildman–Crippen MR) is 98.2 cm³/mol. The van der Waals surface area contributed by atoms with Crippen LogP contribution in [0.5, 0.6) is 0 Å². The summed E-state index contributed by atoms with van der Waals surface area (Å²) in [6.45, 7) is 2.37. The number of nitrogens with one attached hydrogen (secondary N) is 1. The average molecular weight is 372 g/mol. The molecule has 3 amide bonds. The standard InChI is InChI=1S/C18H20N4O3S/c1-2-15-20-21-18(26-15)19-14(23)10-4-3-7-11-22-16(24)12-8-5-6-9-13(12)17(22)25/h5-6,8-9H,2-4,7,10-11H2,1H3,(H,19,21,23). The molecule has 3 rings (SSSR count). The highest BCUT2D eigenvalue weighted by Crippen LogP contribution is 2.23. The number of unbranched alkanes of at least 4 members (excludes halogenated alkanes) is 2. The molecule has 0 aliphatic carbocycles. The van der Waals surface area contributed by atoms with Crippen LogP contribution in [-0.4, -0.2) is 39.4 Å². The molecule has 8 heteroatoms. The quantitative estimate of drug-likeness (QED) is 0.568. The normalized spacial score (nSPS) is 13.2. The number of amides is 3. The summed E-state index contributed by atoms with van der Waals surface area (Å²) >= 11 is 1.38. The van der Waals surface area contributed by atoms with Crippen LogP contribution < -0.4 is 5.32 Å². The zero-order valence-electron chi connectivity index (χ0n) is 14.5. The highest BCUT2D eigenvalue weighted by atomic mass is 32.1. The van der Waals surface area contributed by atoms with Crippen LogP contribution in [0.3, 0.4) is 0 Å². The number of carbonyl (C=O) groups excluding carboxylic acids is 3. The molecule has 1 aliphatic rings. The zero-order chi connectivity index (χ0) is 18.5. The van der Waals surface area contributed by atoms with Crippen molar-refractivity contribution in [3.05, 3.63) is 40.4 Å². The van der Waals surface area contributed by atoms with Gasteiger partial charge in [0.1, 0.15) is 5.01 Å². The van der Waals surface area contributed by atoms with Crippen LogP contribution in [0.2, 0.25) is 0 Å². The third kappa shape index (κ3) is 3.96. The third-order valence-corrected chi connectivity index (χ3v) is 5.16. The lowest BCUT2D eigenvalue weighted by Gasteiger charge is -2.13. The molecule has 1 aromatic carbocycles. The lowest BCUT2D eigenvalue weighted by molar-refractivity contribution is -0.116. The first-order chi connectivity index (χ1) is 12.6. The van der Waals surface area contributed by atoms with Gasteiger partial charge in [-0.1, -0.05) is 36.8 Å². The van der Waals surface area contributed by atoms with E-state index in [1.165, 1.54) is 16.2 Å². The molecule has 0 radical (unpaired) electrons. The molecule has 0 spiro atoms. The second-order valence-corrected chi connectivity index (χ2v) is 7.08. The summed E-state index contributed by atoms with van der Waals surface area (Å²) in [4.78, 5) is 37.7. The van der Waals surface area contributed by atoms with E-state index in [1.54, 1.807) is 24.3 Å². The Balaban J connectivity index is 1.38. The van der Waals surface area contributed by atoms with Crippen molar-refractivity contribution >= 4 is 34.2 Å². The highest BCUT2D eigenvalue weighted by Gasteiger charge is 2.34. The maximum atomic E-state index is 12.2. The van der Waals surface area contributed by atoms with E-state index >= 15 is 0 Å². The number of fused-ring (bicyclic) bond motifs is 1. The number of aromatic nitrogens is 2.